The second kappa shape index (κ2) is 10.3. The number of amides is 1. The molecule has 6 nitrogen and oxygen atoms in total. The molecule has 1 aliphatic rings. The van der Waals surface area contributed by atoms with Crippen molar-refractivity contribution in [1.82, 2.24) is 5.32 Å². The summed E-state index contributed by atoms with van der Waals surface area (Å²) in [5.41, 5.74) is 3.30. The Hall–Kier alpha value is -3.81. The van der Waals surface area contributed by atoms with Crippen molar-refractivity contribution in [2.75, 3.05) is 10.8 Å². The van der Waals surface area contributed by atoms with Gasteiger partial charge in [-0.3, -0.25) is 9.10 Å². The number of carbonyl (C=O) groups excluding carboxylic acids is 1. The van der Waals surface area contributed by atoms with E-state index in [9.17, 15) is 13.2 Å². The summed E-state index contributed by atoms with van der Waals surface area (Å²) < 4.78 is 34.5. The lowest BCUT2D eigenvalue weighted by Gasteiger charge is -2.35. The van der Waals surface area contributed by atoms with Crippen LogP contribution in [0.5, 0.6) is 5.75 Å². The SMILES string of the molecule is Cc1ccc([C@H](NC(=O)[C@@H]2CN(S(=O)(=O)c3ccc(Cl)cc3)c3ccccc3O2)c2ccccc2)cc1. The van der Waals surface area contributed by atoms with Crippen molar-refractivity contribution >= 4 is 33.2 Å². The Kier molecular flexibility index (Phi) is 6.91. The van der Waals surface area contributed by atoms with Crippen LogP contribution in [-0.4, -0.2) is 27.0 Å². The largest absolute Gasteiger partial charge is 0.476 e. The van der Waals surface area contributed by atoms with Crippen LogP contribution in [0.15, 0.2) is 108 Å². The molecule has 0 radical (unpaired) electrons. The number of carbonyl (C=O) groups is 1. The molecule has 1 N–H and O–H groups in total. The van der Waals surface area contributed by atoms with Gasteiger partial charge in [-0.25, -0.2) is 8.42 Å². The molecule has 1 amide bonds. The van der Waals surface area contributed by atoms with Gasteiger partial charge in [0.2, 0.25) is 0 Å². The van der Waals surface area contributed by atoms with Crippen LogP contribution >= 0.6 is 11.6 Å². The van der Waals surface area contributed by atoms with Crippen LogP contribution in [-0.2, 0) is 14.8 Å². The highest BCUT2D eigenvalue weighted by molar-refractivity contribution is 7.92. The number of fused-ring (bicyclic) bond motifs is 1. The van der Waals surface area contributed by atoms with E-state index in [1.807, 2.05) is 61.5 Å². The predicted octanol–water partition coefficient (Wildman–Crippen LogP) is 5.51. The summed E-state index contributed by atoms with van der Waals surface area (Å²) in [5.74, 6) is -0.0988. The van der Waals surface area contributed by atoms with E-state index in [0.29, 0.717) is 16.5 Å². The monoisotopic (exact) mass is 532 g/mol. The van der Waals surface area contributed by atoms with Crippen LogP contribution in [0, 0.1) is 6.92 Å². The lowest BCUT2D eigenvalue weighted by Crippen LogP contribution is -2.51. The molecular formula is C29H25ClN2O4S. The second-order valence-corrected chi connectivity index (χ2v) is 11.1. The molecule has 0 saturated heterocycles. The summed E-state index contributed by atoms with van der Waals surface area (Å²) in [6, 6.07) is 29.9. The van der Waals surface area contributed by atoms with Crippen LogP contribution in [0.1, 0.15) is 22.7 Å². The van der Waals surface area contributed by atoms with Crippen molar-refractivity contribution in [3.63, 3.8) is 0 Å². The number of nitrogens with zero attached hydrogens (tertiary/aromatic N) is 1. The Bertz CT molecular complexity index is 1510. The normalized spacial score (nSPS) is 15.8. The van der Waals surface area contributed by atoms with E-state index in [0.717, 1.165) is 16.7 Å². The van der Waals surface area contributed by atoms with Crippen LogP contribution in [0.4, 0.5) is 5.69 Å². The van der Waals surface area contributed by atoms with Gasteiger partial charge in [0, 0.05) is 5.02 Å². The third kappa shape index (κ3) is 5.19. The first-order valence-corrected chi connectivity index (χ1v) is 13.6. The number of rotatable bonds is 6. The van der Waals surface area contributed by atoms with Gasteiger partial charge < -0.3 is 10.1 Å². The van der Waals surface area contributed by atoms with Crippen molar-refractivity contribution in [2.24, 2.45) is 0 Å². The minimum Gasteiger partial charge on any atom is -0.476 e. The minimum atomic E-state index is -3.98. The smallest absolute Gasteiger partial charge is 0.264 e. The lowest BCUT2D eigenvalue weighted by atomic mass is 9.97. The average molecular weight is 533 g/mol. The van der Waals surface area contributed by atoms with Crippen LogP contribution in [0.3, 0.4) is 0 Å². The molecule has 0 spiro atoms. The van der Waals surface area contributed by atoms with E-state index in [-0.39, 0.29) is 11.4 Å². The van der Waals surface area contributed by atoms with Crippen molar-refractivity contribution < 1.29 is 17.9 Å². The molecule has 0 aliphatic carbocycles. The van der Waals surface area contributed by atoms with E-state index in [4.69, 9.17) is 16.3 Å². The molecule has 1 heterocycles. The number of aryl methyl sites for hydroxylation is 1. The molecule has 188 valence electrons. The molecule has 0 unspecified atom stereocenters. The molecule has 0 saturated carbocycles. The van der Waals surface area contributed by atoms with Gasteiger partial charge in [0.25, 0.3) is 15.9 Å². The number of halogens is 1. The van der Waals surface area contributed by atoms with Crippen molar-refractivity contribution in [3.8, 4) is 5.75 Å². The van der Waals surface area contributed by atoms with E-state index >= 15 is 0 Å². The quantitative estimate of drug-likeness (QED) is 0.355. The maximum atomic E-state index is 13.6. The first kappa shape index (κ1) is 24.9. The fourth-order valence-electron chi connectivity index (χ4n) is 4.30. The number of hydrogen-bond acceptors (Lipinski definition) is 4. The number of para-hydroxylation sites is 2. The molecular weight excluding hydrogens is 508 g/mol. The third-order valence-corrected chi connectivity index (χ3v) is 8.30. The number of ether oxygens (including phenoxy) is 1. The van der Waals surface area contributed by atoms with E-state index in [2.05, 4.69) is 5.32 Å². The van der Waals surface area contributed by atoms with Crippen molar-refractivity contribution in [1.29, 1.82) is 0 Å². The third-order valence-electron chi connectivity index (χ3n) is 6.26. The molecule has 8 heteroatoms. The maximum absolute atomic E-state index is 13.6. The fraction of sp³-hybridized carbons (Fsp3) is 0.138. The van der Waals surface area contributed by atoms with Crippen LogP contribution in [0.2, 0.25) is 5.02 Å². The Labute approximate surface area is 221 Å². The maximum Gasteiger partial charge on any atom is 0.264 e. The predicted molar refractivity (Wildman–Crippen MR) is 144 cm³/mol. The van der Waals surface area contributed by atoms with Crippen molar-refractivity contribution in [2.45, 2.75) is 24.0 Å². The van der Waals surface area contributed by atoms with E-state index in [1.54, 1.807) is 24.3 Å². The Morgan fingerprint density at radius 3 is 2.22 bits per heavy atom. The molecule has 2 atom stereocenters. The highest BCUT2D eigenvalue weighted by atomic mass is 35.5. The molecule has 0 aromatic heterocycles. The van der Waals surface area contributed by atoms with E-state index < -0.39 is 28.1 Å². The topological polar surface area (TPSA) is 75.7 Å². The minimum absolute atomic E-state index is 0.0783. The zero-order valence-corrected chi connectivity index (χ0v) is 21.6. The van der Waals surface area contributed by atoms with Gasteiger partial charge in [0.1, 0.15) is 5.75 Å². The first-order valence-electron chi connectivity index (χ1n) is 11.8. The highest BCUT2D eigenvalue weighted by Crippen LogP contribution is 2.37. The van der Waals surface area contributed by atoms with Gasteiger partial charge in [0.05, 0.1) is 23.2 Å². The number of sulfonamides is 1. The Morgan fingerprint density at radius 1 is 0.892 bits per heavy atom. The summed E-state index contributed by atoms with van der Waals surface area (Å²) in [6.07, 6.45) is -1.06. The van der Waals surface area contributed by atoms with Gasteiger partial charge in [0.15, 0.2) is 6.10 Å². The molecule has 0 bridgehead atoms. The molecule has 4 aromatic carbocycles. The van der Waals surface area contributed by atoms with Gasteiger partial charge >= 0.3 is 0 Å². The standard InChI is InChI=1S/C29H25ClN2O4S/c1-20-11-13-22(14-12-20)28(21-7-3-2-4-8-21)31-29(33)27-19-32(25-9-5-6-10-26(25)36-27)37(34,35)24-17-15-23(30)16-18-24/h2-18,27-28H,19H2,1H3,(H,31,33)/t27-,28+/m0/s1. The molecule has 1 aliphatic heterocycles. The fourth-order valence-corrected chi connectivity index (χ4v) is 5.90. The number of benzene rings is 4. The van der Waals surface area contributed by atoms with Crippen molar-refractivity contribution in [3.05, 3.63) is 125 Å². The highest BCUT2D eigenvalue weighted by Gasteiger charge is 2.38. The zero-order valence-electron chi connectivity index (χ0n) is 20.0. The second-order valence-electron chi connectivity index (χ2n) is 8.83. The van der Waals surface area contributed by atoms with Gasteiger partial charge in [-0.1, -0.05) is 83.9 Å². The van der Waals surface area contributed by atoms with Gasteiger partial charge in [-0.15, -0.1) is 0 Å². The Morgan fingerprint density at radius 2 is 1.51 bits per heavy atom. The summed E-state index contributed by atoms with van der Waals surface area (Å²) in [6.45, 7) is 1.83. The molecule has 4 aromatic rings. The Balaban J connectivity index is 1.47. The van der Waals surface area contributed by atoms with Gasteiger partial charge in [-0.2, -0.15) is 0 Å². The van der Waals surface area contributed by atoms with Crippen LogP contribution in [0.25, 0.3) is 0 Å². The van der Waals surface area contributed by atoms with E-state index in [1.165, 1.54) is 28.6 Å². The molecule has 5 rings (SSSR count). The summed E-state index contributed by atoms with van der Waals surface area (Å²) in [7, 11) is -3.98. The summed E-state index contributed by atoms with van der Waals surface area (Å²) in [4.78, 5) is 13.7. The zero-order chi connectivity index (χ0) is 26.0. The number of hydrogen-bond donors (Lipinski definition) is 1. The van der Waals surface area contributed by atoms with Gasteiger partial charge in [-0.05, 0) is 54.4 Å². The average Bonchev–Trinajstić information content (AvgIpc) is 2.92. The number of anilines is 1. The molecule has 0 fully saturated rings. The summed E-state index contributed by atoms with van der Waals surface area (Å²) >= 11 is 5.97. The number of nitrogens with one attached hydrogen (secondary N) is 1. The first-order chi connectivity index (χ1) is 17.8. The lowest BCUT2D eigenvalue weighted by molar-refractivity contribution is -0.128. The van der Waals surface area contributed by atoms with Crippen LogP contribution < -0.4 is 14.4 Å². The summed E-state index contributed by atoms with van der Waals surface area (Å²) in [5, 5.41) is 3.52. The molecule has 37 heavy (non-hydrogen) atoms.